The number of amides is 1. The highest BCUT2D eigenvalue weighted by atomic mass is 16.4. The molecule has 102 valence electrons. The Bertz CT molecular complexity index is 484. The van der Waals surface area contributed by atoms with Gasteiger partial charge < -0.3 is 10.4 Å². The van der Waals surface area contributed by atoms with E-state index in [1.54, 1.807) is 6.07 Å². The van der Waals surface area contributed by atoms with Crippen LogP contribution in [0.15, 0.2) is 24.3 Å². The highest BCUT2D eigenvalue weighted by molar-refractivity contribution is 5.94. The molecule has 0 radical (unpaired) electrons. The van der Waals surface area contributed by atoms with Gasteiger partial charge >= 0.3 is 5.97 Å². The molecule has 0 spiro atoms. The third-order valence-corrected chi connectivity index (χ3v) is 3.64. The van der Waals surface area contributed by atoms with Gasteiger partial charge in [0.25, 0.3) is 5.91 Å². The van der Waals surface area contributed by atoms with Gasteiger partial charge in [0, 0.05) is 11.6 Å². The minimum atomic E-state index is -0.755. The molecule has 4 nitrogen and oxygen atoms in total. The molecular formula is C15H19NO3. The molecule has 1 aliphatic carbocycles. The van der Waals surface area contributed by atoms with Crippen molar-refractivity contribution in [3.63, 3.8) is 0 Å². The molecule has 1 aromatic rings. The second-order valence-electron chi connectivity index (χ2n) is 5.24. The molecule has 19 heavy (non-hydrogen) atoms. The molecule has 2 atom stereocenters. The average molecular weight is 261 g/mol. The number of carboxylic acid groups (broad SMARTS) is 1. The third kappa shape index (κ3) is 3.56. The zero-order valence-electron chi connectivity index (χ0n) is 11.1. The summed E-state index contributed by atoms with van der Waals surface area (Å²) in [6.07, 6.45) is 2.97. The number of nitrogens with one attached hydrogen (secondary N) is 1. The fourth-order valence-electron chi connectivity index (χ4n) is 2.60. The number of carbonyl (C=O) groups is 2. The van der Waals surface area contributed by atoms with Gasteiger partial charge in [-0.2, -0.15) is 0 Å². The van der Waals surface area contributed by atoms with Gasteiger partial charge in [0.1, 0.15) is 0 Å². The first-order valence-corrected chi connectivity index (χ1v) is 6.66. The van der Waals surface area contributed by atoms with Gasteiger partial charge in [-0.1, -0.05) is 24.1 Å². The van der Waals surface area contributed by atoms with Gasteiger partial charge in [-0.25, -0.2) is 0 Å². The smallest absolute Gasteiger partial charge is 0.306 e. The third-order valence-electron chi connectivity index (χ3n) is 3.64. The van der Waals surface area contributed by atoms with E-state index in [4.69, 9.17) is 5.11 Å². The summed E-state index contributed by atoms with van der Waals surface area (Å²) in [5.74, 6) is -1.19. The fourth-order valence-corrected chi connectivity index (χ4v) is 2.60. The SMILES string of the molecule is Cc1cccc(C(=O)NC2CCCC(C(=O)O)C2)c1. The van der Waals surface area contributed by atoms with Crippen LogP contribution in [0.25, 0.3) is 0 Å². The monoisotopic (exact) mass is 261 g/mol. The van der Waals surface area contributed by atoms with Crippen LogP contribution in [0.5, 0.6) is 0 Å². The Kier molecular flexibility index (Phi) is 4.20. The van der Waals surface area contributed by atoms with Crippen molar-refractivity contribution in [2.45, 2.75) is 38.6 Å². The minimum Gasteiger partial charge on any atom is -0.481 e. The first-order chi connectivity index (χ1) is 9.06. The van der Waals surface area contributed by atoms with Crippen molar-refractivity contribution in [1.82, 2.24) is 5.32 Å². The topological polar surface area (TPSA) is 66.4 Å². The van der Waals surface area contributed by atoms with Crippen LogP contribution in [0.1, 0.15) is 41.6 Å². The summed E-state index contributed by atoms with van der Waals surface area (Å²) in [5.41, 5.74) is 1.68. The van der Waals surface area contributed by atoms with Crippen molar-refractivity contribution in [3.05, 3.63) is 35.4 Å². The molecule has 0 saturated heterocycles. The van der Waals surface area contributed by atoms with Crippen molar-refractivity contribution in [1.29, 1.82) is 0 Å². The van der Waals surface area contributed by atoms with Crippen LogP contribution < -0.4 is 5.32 Å². The quantitative estimate of drug-likeness (QED) is 0.877. The van der Waals surface area contributed by atoms with Crippen LogP contribution in [0.2, 0.25) is 0 Å². The summed E-state index contributed by atoms with van der Waals surface area (Å²) < 4.78 is 0. The second-order valence-corrected chi connectivity index (χ2v) is 5.24. The number of hydrogen-bond acceptors (Lipinski definition) is 2. The van der Waals surface area contributed by atoms with Crippen LogP contribution in [0.4, 0.5) is 0 Å². The Labute approximate surface area is 112 Å². The Morgan fingerprint density at radius 1 is 1.32 bits per heavy atom. The van der Waals surface area contributed by atoms with E-state index in [0.29, 0.717) is 18.4 Å². The molecule has 0 aromatic heterocycles. The summed E-state index contributed by atoms with van der Waals surface area (Å²) in [4.78, 5) is 23.1. The van der Waals surface area contributed by atoms with E-state index in [9.17, 15) is 9.59 Å². The Balaban J connectivity index is 1.97. The van der Waals surface area contributed by atoms with Gasteiger partial charge in [-0.15, -0.1) is 0 Å². The number of rotatable bonds is 3. The maximum atomic E-state index is 12.1. The lowest BCUT2D eigenvalue weighted by atomic mass is 9.85. The van der Waals surface area contributed by atoms with Gasteiger partial charge in [0.2, 0.25) is 0 Å². The zero-order valence-corrected chi connectivity index (χ0v) is 11.1. The van der Waals surface area contributed by atoms with E-state index >= 15 is 0 Å². The normalized spacial score (nSPS) is 22.8. The summed E-state index contributed by atoms with van der Waals surface area (Å²) >= 11 is 0. The number of carboxylic acids is 1. The lowest BCUT2D eigenvalue weighted by Crippen LogP contribution is -2.39. The van der Waals surface area contributed by atoms with Gasteiger partial charge in [-0.05, 0) is 38.3 Å². The van der Waals surface area contributed by atoms with E-state index < -0.39 is 5.97 Å². The Morgan fingerprint density at radius 2 is 2.11 bits per heavy atom. The van der Waals surface area contributed by atoms with Crippen LogP contribution in [0, 0.1) is 12.8 Å². The second kappa shape index (κ2) is 5.87. The van der Waals surface area contributed by atoms with Gasteiger partial charge in [0.05, 0.1) is 5.92 Å². The molecule has 4 heteroatoms. The first kappa shape index (κ1) is 13.6. The molecule has 2 unspecified atom stereocenters. The average Bonchev–Trinajstić information content (AvgIpc) is 2.39. The largest absolute Gasteiger partial charge is 0.481 e. The Morgan fingerprint density at radius 3 is 2.79 bits per heavy atom. The minimum absolute atomic E-state index is 0.0251. The molecule has 2 rings (SSSR count). The number of hydrogen-bond donors (Lipinski definition) is 2. The van der Waals surface area contributed by atoms with Crippen molar-refractivity contribution in [2.24, 2.45) is 5.92 Å². The lowest BCUT2D eigenvalue weighted by Gasteiger charge is -2.27. The van der Waals surface area contributed by atoms with E-state index in [2.05, 4.69) is 5.32 Å². The van der Waals surface area contributed by atoms with E-state index in [1.807, 2.05) is 25.1 Å². The maximum Gasteiger partial charge on any atom is 0.306 e. The Hall–Kier alpha value is -1.84. The maximum absolute atomic E-state index is 12.1. The molecule has 1 aromatic carbocycles. The summed E-state index contributed by atoms with van der Waals surface area (Å²) in [7, 11) is 0. The fraction of sp³-hybridized carbons (Fsp3) is 0.467. The van der Waals surface area contributed by atoms with Crippen LogP contribution in [-0.4, -0.2) is 23.0 Å². The van der Waals surface area contributed by atoms with Crippen LogP contribution in [-0.2, 0) is 4.79 Å². The first-order valence-electron chi connectivity index (χ1n) is 6.66. The van der Waals surface area contributed by atoms with E-state index in [1.165, 1.54) is 0 Å². The summed E-state index contributed by atoms with van der Waals surface area (Å²) in [6.45, 7) is 1.94. The number of aliphatic carboxylic acids is 1. The highest BCUT2D eigenvalue weighted by Crippen LogP contribution is 2.24. The number of benzene rings is 1. The highest BCUT2D eigenvalue weighted by Gasteiger charge is 2.27. The predicted molar refractivity (Wildman–Crippen MR) is 72.0 cm³/mol. The van der Waals surface area contributed by atoms with Crippen molar-refractivity contribution in [3.8, 4) is 0 Å². The standard InChI is InChI=1S/C15H19NO3/c1-10-4-2-5-11(8-10)14(17)16-13-7-3-6-12(9-13)15(18)19/h2,4-5,8,12-13H,3,6-7,9H2,1H3,(H,16,17)(H,18,19). The molecule has 1 aliphatic rings. The lowest BCUT2D eigenvalue weighted by molar-refractivity contribution is -0.143. The van der Waals surface area contributed by atoms with E-state index in [-0.39, 0.29) is 17.9 Å². The predicted octanol–water partition coefficient (Wildman–Crippen LogP) is 2.37. The van der Waals surface area contributed by atoms with Gasteiger partial charge in [0.15, 0.2) is 0 Å². The molecular weight excluding hydrogens is 242 g/mol. The zero-order chi connectivity index (χ0) is 13.8. The number of aryl methyl sites for hydroxylation is 1. The summed E-state index contributed by atoms with van der Waals surface area (Å²) in [6, 6.07) is 7.39. The number of carbonyl (C=O) groups excluding carboxylic acids is 1. The molecule has 1 fully saturated rings. The van der Waals surface area contributed by atoms with Crippen molar-refractivity contribution in [2.75, 3.05) is 0 Å². The van der Waals surface area contributed by atoms with Crippen molar-refractivity contribution < 1.29 is 14.7 Å². The molecule has 0 heterocycles. The van der Waals surface area contributed by atoms with Crippen LogP contribution >= 0.6 is 0 Å². The molecule has 2 N–H and O–H groups in total. The summed E-state index contributed by atoms with van der Waals surface area (Å²) in [5, 5.41) is 12.0. The molecule has 0 aliphatic heterocycles. The molecule has 0 bridgehead atoms. The van der Waals surface area contributed by atoms with Gasteiger partial charge in [-0.3, -0.25) is 9.59 Å². The van der Waals surface area contributed by atoms with E-state index in [0.717, 1.165) is 18.4 Å². The van der Waals surface area contributed by atoms with Crippen LogP contribution in [0.3, 0.4) is 0 Å². The molecule has 1 saturated carbocycles. The van der Waals surface area contributed by atoms with Crippen molar-refractivity contribution >= 4 is 11.9 Å². The molecule has 1 amide bonds.